The molecule has 2 rings (SSSR count). The van der Waals surface area contributed by atoms with Crippen molar-refractivity contribution in [2.45, 2.75) is 25.3 Å². The van der Waals surface area contributed by atoms with Crippen molar-refractivity contribution >= 4 is 26.0 Å². The van der Waals surface area contributed by atoms with E-state index in [1.165, 1.54) is 11.1 Å². The van der Waals surface area contributed by atoms with E-state index in [1.807, 2.05) is 6.07 Å². The number of nitrogens with one attached hydrogen (secondary N) is 1. The number of primary sulfonamides is 1. The monoisotopic (exact) mass is 332 g/mol. The van der Waals surface area contributed by atoms with Gasteiger partial charge in [0.05, 0.1) is 5.75 Å². The second-order valence-corrected chi connectivity index (χ2v) is 7.26. The van der Waals surface area contributed by atoms with Gasteiger partial charge in [0.15, 0.2) is 0 Å². The van der Waals surface area contributed by atoms with E-state index in [0.29, 0.717) is 19.0 Å². The first-order valence-corrected chi connectivity index (χ1v) is 8.49. The molecule has 0 amide bonds. The molecule has 1 aromatic carbocycles. The number of rotatable bonds is 5. The second kappa shape index (κ2) is 5.69. The Morgan fingerprint density at radius 3 is 2.94 bits per heavy atom. The van der Waals surface area contributed by atoms with Gasteiger partial charge in [-0.25, -0.2) is 13.6 Å². The van der Waals surface area contributed by atoms with Gasteiger partial charge in [-0.15, -0.1) is 0 Å². The highest BCUT2D eigenvalue weighted by molar-refractivity contribution is 9.10. The van der Waals surface area contributed by atoms with E-state index >= 15 is 0 Å². The minimum Gasteiger partial charge on any atom is -0.310 e. The third kappa shape index (κ3) is 3.78. The molecule has 0 heterocycles. The minimum absolute atomic E-state index is 0.0416. The molecule has 4 nitrogen and oxygen atoms in total. The first kappa shape index (κ1) is 14.0. The van der Waals surface area contributed by atoms with E-state index in [4.69, 9.17) is 5.14 Å². The Kier molecular flexibility index (Phi) is 4.42. The highest BCUT2D eigenvalue weighted by Gasteiger charge is 2.21. The number of benzene rings is 1. The third-order valence-corrected chi connectivity index (χ3v) is 4.53. The number of hydrogen-bond donors (Lipinski definition) is 2. The lowest BCUT2D eigenvalue weighted by molar-refractivity contribution is 0.526. The summed E-state index contributed by atoms with van der Waals surface area (Å²) in [5.74, 6) is 0.0416. The van der Waals surface area contributed by atoms with Gasteiger partial charge in [-0.05, 0) is 49.1 Å². The molecule has 1 aliphatic carbocycles. The SMILES string of the molecule is NS(=O)(=O)CCCNC1CCc2cc(Br)ccc21. The predicted molar refractivity (Wildman–Crippen MR) is 75.8 cm³/mol. The Balaban J connectivity index is 1.87. The summed E-state index contributed by atoms with van der Waals surface area (Å²) >= 11 is 3.47. The van der Waals surface area contributed by atoms with Gasteiger partial charge in [-0.1, -0.05) is 22.0 Å². The molecule has 18 heavy (non-hydrogen) atoms. The van der Waals surface area contributed by atoms with Gasteiger partial charge >= 0.3 is 0 Å². The number of nitrogens with two attached hydrogens (primary N) is 1. The largest absolute Gasteiger partial charge is 0.310 e. The van der Waals surface area contributed by atoms with Crippen molar-refractivity contribution in [2.24, 2.45) is 5.14 Å². The van der Waals surface area contributed by atoms with Gasteiger partial charge < -0.3 is 5.32 Å². The summed E-state index contributed by atoms with van der Waals surface area (Å²) in [6.07, 6.45) is 2.70. The molecule has 1 atom stereocenters. The lowest BCUT2D eigenvalue weighted by Gasteiger charge is -2.13. The van der Waals surface area contributed by atoms with E-state index in [0.717, 1.165) is 17.3 Å². The zero-order chi connectivity index (χ0) is 13.2. The van der Waals surface area contributed by atoms with Crippen LogP contribution in [0.3, 0.4) is 0 Å². The first-order chi connectivity index (χ1) is 8.46. The fraction of sp³-hybridized carbons (Fsp3) is 0.500. The number of sulfonamides is 1. The fourth-order valence-corrected chi connectivity index (χ4v) is 3.30. The molecule has 3 N–H and O–H groups in total. The fourth-order valence-electron chi connectivity index (χ4n) is 2.35. The molecule has 100 valence electrons. The maximum atomic E-state index is 10.8. The Bertz CT molecular complexity index is 531. The van der Waals surface area contributed by atoms with Gasteiger partial charge in [0.2, 0.25) is 10.0 Å². The van der Waals surface area contributed by atoms with Crippen LogP contribution in [0, 0.1) is 0 Å². The zero-order valence-corrected chi connectivity index (χ0v) is 12.4. The van der Waals surface area contributed by atoms with Crippen LogP contribution in [0.25, 0.3) is 0 Å². The Morgan fingerprint density at radius 1 is 1.44 bits per heavy atom. The molecule has 0 aliphatic heterocycles. The van der Waals surface area contributed by atoms with E-state index in [-0.39, 0.29) is 5.75 Å². The summed E-state index contributed by atoms with van der Waals surface area (Å²) in [5.41, 5.74) is 2.70. The summed E-state index contributed by atoms with van der Waals surface area (Å²) in [7, 11) is -3.33. The molecule has 1 aromatic rings. The van der Waals surface area contributed by atoms with Gasteiger partial charge in [0.1, 0.15) is 0 Å². The van der Waals surface area contributed by atoms with E-state index in [9.17, 15) is 8.42 Å². The maximum Gasteiger partial charge on any atom is 0.209 e. The molecule has 0 saturated heterocycles. The van der Waals surface area contributed by atoms with Gasteiger partial charge in [-0.2, -0.15) is 0 Å². The van der Waals surface area contributed by atoms with Crippen LogP contribution in [0.5, 0.6) is 0 Å². The molecule has 0 fully saturated rings. The number of hydrogen-bond acceptors (Lipinski definition) is 3. The van der Waals surface area contributed by atoms with Crippen molar-refractivity contribution in [1.82, 2.24) is 5.32 Å². The minimum atomic E-state index is -3.33. The van der Waals surface area contributed by atoms with E-state index < -0.39 is 10.0 Å². The molecule has 1 unspecified atom stereocenters. The molecule has 0 saturated carbocycles. The highest BCUT2D eigenvalue weighted by Crippen LogP contribution is 2.32. The summed E-state index contributed by atoms with van der Waals surface area (Å²) in [6.45, 7) is 0.677. The maximum absolute atomic E-state index is 10.8. The van der Waals surface area contributed by atoms with Crippen molar-refractivity contribution in [1.29, 1.82) is 0 Å². The van der Waals surface area contributed by atoms with Gasteiger partial charge in [0, 0.05) is 10.5 Å². The van der Waals surface area contributed by atoms with Gasteiger partial charge in [-0.3, -0.25) is 0 Å². The summed E-state index contributed by atoms with van der Waals surface area (Å²) in [6, 6.07) is 6.67. The smallest absolute Gasteiger partial charge is 0.209 e. The molecule has 0 bridgehead atoms. The van der Waals surface area contributed by atoms with Crippen molar-refractivity contribution in [2.75, 3.05) is 12.3 Å². The summed E-state index contributed by atoms with van der Waals surface area (Å²) in [5, 5.41) is 8.36. The molecule has 6 heteroatoms. The summed E-state index contributed by atoms with van der Waals surface area (Å²) < 4.78 is 22.7. The molecule has 1 aliphatic rings. The quantitative estimate of drug-likeness (QED) is 0.806. The Hall–Kier alpha value is -0.430. The second-order valence-electron chi connectivity index (χ2n) is 4.61. The zero-order valence-electron chi connectivity index (χ0n) is 10.0. The lowest BCUT2D eigenvalue weighted by atomic mass is 10.1. The van der Waals surface area contributed by atoms with Crippen LogP contribution in [0.4, 0.5) is 0 Å². The van der Waals surface area contributed by atoms with Crippen molar-refractivity contribution in [3.8, 4) is 0 Å². The van der Waals surface area contributed by atoms with Gasteiger partial charge in [0.25, 0.3) is 0 Å². The van der Waals surface area contributed by atoms with E-state index in [2.05, 4.69) is 33.4 Å². The Morgan fingerprint density at radius 2 is 2.22 bits per heavy atom. The average molecular weight is 333 g/mol. The molecular formula is C12H17BrN2O2S. The Labute approximate surface area is 116 Å². The standard InChI is InChI=1S/C12H17BrN2O2S/c13-10-3-4-11-9(8-10)2-5-12(11)15-6-1-7-18(14,16)17/h3-4,8,12,15H,1-2,5-7H2,(H2,14,16,17). The van der Waals surface area contributed by atoms with Crippen molar-refractivity contribution < 1.29 is 8.42 Å². The van der Waals surface area contributed by atoms with E-state index in [1.54, 1.807) is 0 Å². The first-order valence-electron chi connectivity index (χ1n) is 5.98. The lowest BCUT2D eigenvalue weighted by Crippen LogP contribution is -2.24. The summed E-state index contributed by atoms with van der Waals surface area (Å²) in [4.78, 5) is 0. The predicted octanol–water partition coefficient (Wildman–Crippen LogP) is 1.70. The average Bonchev–Trinajstić information content (AvgIpc) is 2.65. The molecular weight excluding hydrogens is 316 g/mol. The third-order valence-electron chi connectivity index (χ3n) is 3.18. The molecule has 0 aromatic heterocycles. The van der Waals surface area contributed by atoms with Crippen LogP contribution in [0.2, 0.25) is 0 Å². The molecule has 0 radical (unpaired) electrons. The topological polar surface area (TPSA) is 72.2 Å². The van der Waals surface area contributed by atoms with Crippen LogP contribution in [0.15, 0.2) is 22.7 Å². The van der Waals surface area contributed by atoms with Crippen LogP contribution >= 0.6 is 15.9 Å². The van der Waals surface area contributed by atoms with Crippen LogP contribution in [-0.2, 0) is 16.4 Å². The number of aryl methyl sites for hydroxylation is 1. The van der Waals surface area contributed by atoms with Crippen LogP contribution in [-0.4, -0.2) is 20.7 Å². The van der Waals surface area contributed by atoms with Crippen LogP contribution < -0.4 is 10.5 Å². The number of fused-ring (bicyclic) bond motifs is 1. The molecule has 0 spiro atoms. The van der Waals surface area contributed by atoms with Crippen molar-refractivity contribution in [3.05, 3.63) is 33.8 Å². The van der Waals surface area contributed by atoms with Crippen molar-refractivity contribution in [3.63, 3.8) is 0 Å². The number of halogens is 1. The van der Waals surface area contributed by atoms with Crippen LogP contribution in [0.1, 0.15) is 30.0 Å². The normalized spacial score (nSPS) is 18.9. The highest BCUT2D eigenvalue weighted by atomic mass is 79.9.